The van der Waals surface area contributed by atoms with Crippen molar-refractivity contribution >= 4 is 11.8 Å². The number of nitrogens with zero attached hydrogens (tertiary/aromatic N) is 1. The summed E-state index contributed by atoms with van der Waals surface area (Å²) in [6.45, 7) is 2.81. The molecule has 1 aliphatic rings. The summed E-state index contributed by atoms with van der Waals surface area (Å²) >= 11 is 0. The normalized spacial score (nSPS) is 22.7. The van der Waals surface area contributed by atoms with Crippen LogP contribution in [-0.2, 0) is 0 Å². The Balaban J connectivity index is 2.42. The minimum Gasteiger partial charge on any atom is -0.464 e. The van der Waals surface area contributed by atoms with E-state index in [0.717, 1.165) is 30.2 Å². The molecule has 0 amide bonds. The lowest BCUT2D eigenvalue weighted by Gasteiger charge is -2.14. The summed E-state index contributed by atoms with van der Waals surface area (Å²) in [7, 11) is 0. The Labute approximate surface area is 149 Å². The highest BCUT2D eigenvalue weighted by Gasteiger charge is 2.11. The van der Waals surface area contributed by atoms with Crippen LogP contribution in [-0.4, -0.2) is 12.8 Å². The molecule has 0 heterocycles. The molecule has 0 aliphatic heterocycles. The molecule has 0 radical (unpaired) electrons. The van der Waals surface area contributed by atoms with E-state index in [0.29, 0.717) is 23.8 Å². The summed E-state index contributed by atoms with van der Waals surface area (Å²) in [6, 6.07) is 7.54. The number of rotatable bonds is 6. The highest BCUT2D eigenvalue weighted by Crippen LogP contribution is 2.31. The van der Waals surface area contributed by atoms with Gasteiger partial charge in [0.25, 0.3) is 0 Å². The number of hydrogen-bond acceptors (Lipinski definition) is 4. The molecule has 1 aliphatic carbocycles. The van der Waals surface area contributed by atoms with Gasteiger partial charge in [0.05, 0.1) is 17.9 Å². The number of ether oxygens (including phenoxy) is 1. The van der Waals surface area contributed by atoms with E-state index in [1.165, 1.54) is 17.9 Å². The van der Waals surface area contributed by atoms with Gasteiger partial charge in [-0.3, -0.25) is 0 Å². The molecule has 4 heteroatoms. The molecule has 3 N–H and O–H groups in total. The average molecular weight is 333 g/mol. The fourth-order valence-corrected chi connectivity index (χ4v) is 2.68. The monoisotopic (exact) mass is 333 g/mol. The van der Waals surface area contributed by atoms with Crippen LogP contribution in [0.15, 0.2) is 60.4 Å². The van der Waals surface area contributed by atoms with Gasteiger partial charge in [0.1, 0.15) is 5.75 Å². The maximum Gasteiger partial charge on any atom is 0.135 e. The van der Waals surface area contributed by atoms with Crippen molar-refractivity contribution < 1.29 is 4.74 Å². The molecule has 0 unspecified atom stereocenters. The highest BCUT2D eigenvalue weighted by atomic mass is 16.5. The lowest BCUT2D eigenvalue weighted by atomic mass is 9.93. The molecule has 4 nitrogen and oxygen atoms in total. The Morgan fingerprint density at radius 1 is 1.40 bits per heavy atom. The Bertz CT molecular complexity index is 779. The van der Waals surface area contributed by atoms with Gasteiger partial charge in [0.15, 0.2) is 0 Å². The smallest absolute Gasteiger partial charge is 0.135 e. The lowest BCUT2D eigenvalue weighted by Crippen LogP contribution is -2.02. The van der Waals surface area contributed by atoms with Crippen molar-refractivity contribution in [2.24, 2.45) is 11.7 Å². The zero-order valence-corrected chi connectivity index (χ0v) is 14.4. The third-order valence-electron chi connectivity index (χ3n) is 3.91. The van der Waals surface area contributed by atoms with Gasteiger partial charge < -0.3 is 15.9 Å². The van der Waals surface area contributed by atoms with E-state index >= 15 is 0 Å². The predicted octanol–water partition coefficient (Wildman–Crippen LogP) is 4.35. The van der Waals surface area contributed by atoms with Crippen LogP contribution >= 0.6 is 0 Å². The summed E-state index contributed by atoms with van der Waals surface area (Å²) in [6.07, 6.45) is 14.5. The number of nitrogens with one attached hydrogen (secondary N) is 1. The van der Waals surface area contributed by atoms with E-state index in [4.69, 9.17) is 21.1 Å². The van der Waals surface area contributed by atoms with Crippen LogP contribution in [0.3, 0.4) is 0 Å². The lowest BCUT2D eigenvalue weighted by molar-refractivity contribution is 0.480. The van der Waals surface area contributed by atoms with E-state index in [2.05, 4.69) is 37.3 Å². The zero-order chi connectivity index (χ0) is 18.1. The first kappa shape index (κ1) is 18.4. The van der Waals surface area contributed by atoms with Gasteiger partial charge in [0.2, 0.25) is 0 Å². The molecule has 1 aromatic rings. The van der Waals surface area contributed by atoms with Gasteiger partial charge in [0, 0.05) is 11.8 Å². The summed E-state index contributed by atoms with van der Waals surface area (Å²) in [5, 5.41) is 16.2. The Hall–Kier alpha value is -2.90. The van der Waals surface area contributed by atoms with Gasteiger partial charge in [-0.1, -0.05) is 36.8 Å². The van der Waals surface area contributed by atoms with Gasteiger partial charge >= 0.3 is 0 Å². The van der Waals surface area contributed by atoms with Crippen LogP contribution in [0.25, 0.3) is 5.57 Å². The molecule has 1 aromatic carbocycles. The van der Waals surface area contributed by atoms with Crippen molar-refractivity contribution in [3.05, 3.63) is 71.5 Å². The van der Waals surface area contributed by atoms with Gasteiger partial charge in [-0.15, -0.1) is 0 Å². The number of hydrogen-bond donors (Lipinski definition) is 2. The Morgan fingerprint density at radius 3 is 2.96 bits per heavy atom. The molecule has 0 fully saturated rings. The third-order valence-corrected chi connectivity index (χ3v) is 3.91. The first-order chi connectivity index (χ1) is 12.2. The van der Waals surface area contributed by atoms with Crippen LogP contribution in [0, 0.1) is 22.7 Å². The van der Waals surface area contributed by atoms with Crippen molar-refractivity contribution in [2.45, 2.75) is 19.8 Å². The molecule has 0 saturated heterocycles. The second kappa shape index (κ2) is 9.41. The van der Waals surface area contributed by atoms with Crippen molar-refractivity contribution in [1.82, 2.24) is 0 Å². The largest absolute Gasteiger partial charge is 0.464 e. The minimum absolute atomic E-state index is 0.432. The summed E-state index contributed by atoms with van der Waals surface area (Å²) in [4.78, 5) is 0. The molecular formula is C21H23N3O. The number of nitrogens with two attached hydrogens (primary N) is 1. The first-order valence-corrected chi connectivity index (χ1v) is 8.33. The standard InChI is InChI=1S/C21H23N3O/c1-16-3-6-19(7-4-17(13-16)9-11-23)20-8-5-18(15-24)14-21(20)25-12-2-10-22/h2,4-8,10,12-14,16,22H,3,9,11,23H2,1H3/b7-4-,12-2+,17-13+,19-6-,22-10?/t16-/m1/s1. The molecule has 0 aromatic heterocycles. The molecule has 0 bridgehead atoms. The molecule has 25 heavy (non-hydrogen) atoms. The fourth-order valence-electron chi connectivity index (χ4n) is 2.68. The zero-order valence-electron chi connectivity index (χ0n) is 14.4. The average Bonchev–Trinajstić information content (AvgIpc) is 2.60. The SMILES string of the molecule is C[C@H]1\C=C(CCN)/C=C\C(c2ccc(C#N)cc2O/C=C/C=N)=C\C1. The predicted molar refractivity (Wildman–Crippen MR) is 102 cm³/mol. The second-order valence-electron chi connectivity index (χ2n) is 5.92. The second-order valence-corrected chi connectivity index (χ2v) is 5.92. The van der Waals surface area contributed by atoms with Crippen LogP contribution in [0.4, 0.5) is 0 Å². The molecule has 128 valence electrons. The number of benzene rings is 1. The molecule has 1 atom stereocenters. The van der Waals surface area contributed by atoms with E-state index < -0.39 is 0 Å². The first-order valence-electron chi connectivity index (χ1n) is 8.33. The van der Waals surface area contributed by atoms with Crippen LogP contribution in [0.5, 0.6) is 5.75 Å². The fraction of sp³-hybridized carbons (Fsp3) is 0.238. The molecular weight excluding hydrogens is 310 g/mol. The minimum atomic E-state index is 0.432. The summed E-state index contributed by atoms with van der Waals surface area (Å²) in [5.74, 6) is 1.03. The topological polar surface area (TPSA) is 82.9 Å². The van der Waals surface area contributed by atoms with Gasteiger partial charge in [-0.2, -0.15) is 5.26 Å². The quantitative estimate of drug-likeness (QED) is 0.599. The van der Waals surface area contributed by atoms with Gasteiger partial charge in [-0.05, 0) is 55.2 Å². The maximum atomic E-state index is 9.14. The van der Waals surface area contributed by atoms with E-state index in [-0.39, 0.29) is 0 Å². The number of allylic oxidation sites excluding steroid dienone is 6. The van der Waals surface area contributed by atoms with E-state index in [9.17, 15) is 0 Å². The van der Waals surface area contributed by atoms with Crippen LogP contribution < -0.4 is 10.5 Å². The third kappa shape index (κ3) is 5.30. The maximum absolute atomic E-state index is 9.14. The van der Waals surface area contributed by atoms with E-state index in [1.807, 2.05) is 6.07 Å². The van der Waals surface area contributed by atoms with Crippen molar-refractivity contribution in [2.75, 3.05) is 6.54 Å². The summed E-state index contributed by atoms with van der Waals surface area (Å²) < 4.78 is 5.65. The van der Waals surface area contributed by atoms with Gasteiger partial charge in [-0.25, -0.2) is 0 Å². The highest BCUT2D eigenvalue weighted by molar-refractivity contribution is 5.79. The van der Waals surface area contributed by atoms with Crippen molar-refractivity contribution in [1.29, 1.82) is 10.7 Å². The Kier molecular flexibility index (Phi) is 6.94. The molecule has 0 spiro atoms. The number of nitriles is 1. The van der Waals surface area contributed by atoms with Crippen molar-refractivity contribution in [3.63, 3.8) is 0 Å². The molecule has 2 rings (SSSR count). The molecule has 0 saturated carbocycles. The van der Waals surface area contributed by atoms with Crippen molar-refractivity contribution in [3.8, 4) is 11.8 Å². The Morgan fingerprint density at radius 2 is 2.24 bits per heavy atom. The summed E-state index contributed by atoms with van der Waals surface area (Å²) in [5.41, 5.74) is 9.45. The van der Waals surface area contributed by atoms with E-state index in [1.54, 1.807) is 12.1 Å². The van der Waals surface area contributed by atoms with Crippen LogP contribution in [0.2, 0.25) is 0 Å². The van der Waals surface area contributed by atoms with Crippen LogP contribution in [0.1, 0.15) is 30.9 Å².